The third-order valence-corrected chi connectivity index (χ3v) is 6.37. The molecule has 0 unspecified atom stereocenters. The molecular formula is C36H46N2. The highest BCUT2D eigenvalue weighted by molar-refractivity contribution is 6.07. The van der Waals surface area contributed by atoms with Crippen molar-refractivity contribution in [3.8, 4) is 0 Å². The van der Waals surface area contributed by atoms with Crippen molar-refractivity contribution in [3.05, 3.63) is 120 Å². The molecule has 5 aromatic rings. The number of benzene rings is 5. The molecule has 2 nitrogen and oxygen atoms in total. The van der Waals surface area contributed by atoms with Crippen LogP contribution in [0, 0.1) is 0 Å². The second kappa shape index (κ2) is 16.3. The Morgan fingerprint density at radius 2 is 0.895 bits per heavy atom. The summed E-state index contributed by atoms with van der Waals surface area (Å²) >= 11 is 0. The molecule has 0 N–H and O–H groups in total. The summed E-state index contributed by atoms with van der Waals surface area (Å²) in [4.78, 5) is 4.40. The molecule has 0 radical (unpaired) electrons. The highest BCUT2D eigenvalue weighted by Crippen LogP contribution is 2.36. The molecule has 1 aliphatic rings. The van der Waals surface area contributed by atoms with Crippen LogP contribution in [-0.4, -0.2) is 32.6 Å². The fraction of sp³-hybridized carbons (Fsp3) is 0.278. The molecule has 1 aliphatic heterocycles. The summed E-state index contributed by atoms with van der Waals surface area (Å²) in [6.45, 7) is 11.3. The van der Waals surface area contributed by atoms with E-state index in [0.717, 1.165) is 13.0 Å². The van der Waals surface area contributed by atoms with Crippen molar-refractivity contribution < 1.29 is 0 Å². The van der Waals surface area contributed by atoms with Crippen LogP contribution in [0.25, 0.3) is 21.5 Å². The van der Waals surface area contributed by atoms with Gasteiger partial charge in [0.05, 0.1) is 0 Å². The zero-order chi connectivity index (χ0) is 27.9. The zero-order valence-electron chi connectivity index (χ0n) is 24.7. The van der Waals surface area contributed by atoms with E-state index in [-0.39, 0.29) is 0 Å². The van der Waals surface area contributed by atoms with Gasteiger partial charge in [0.1, 0.15) is 0 Å². The van der Waals surface area contributed by atoms with Crippen molar-refractivity contribution in [1.82, 2.24) is 4.90 Å². The first-order valence-electron chi connectivity index (χ1n) is 14.0. The predicted molar refractivity (Wildman–Crippen MR) is 172 cm³/mol. The first kappa shape index (κ1) is 30.6. The molecule has 2 heteroatoms. The molecule has 1 heterocycles. The van der Waals surface area contributed by atoms with Gasteiger partial charge in [0.2, 0.25) is 0 Å². The van der Waals surface area contributed by atoms with Gasteiger partial charge in [-0.25, -0.2) is 0 Å². The maximum absolute atomic E-state index is 2.27. The van der Waals surface area contributed by atoms with Crippen LogP contribution in [0.5, 0.6) is 0 Å². The average Bonchev–Trinajstić information content (AvgIpc) is 3.00. The van der Waals surface area contributed by atoms with E-state index >= 15 is 0 Å². The van der Waals surface area contributed by atoms with E-state index in [9.17, 15) is 0 Å². The van der Waals surface area contributed by atoms with Crippen LogP contribution in [0.4, 0.5) is 11.4 Å². The van der Waals surface area contributed by atoms with Crippen LogP contribution in [0.2, 0.25) is 0 Å². The van der Waals surface area contributed by atoms with Crippen molar-refractivity contribution in [2.24, 2.45) is 0 Å². The molecule has 0 saturated carbocycles. The van der Waals surface area contributed by atoms with Gasteiger partial charge in [-0.3, -0.25) is 0 Å². The van der Waals surface area contributed by atoms with E-state index in [2.05, 4.69) is 147 Å². The molecule has 0 atom stereocenters. The van der Waals surface area contributed by atoms with Gasteiger partial charge in [0, 0.05) is 24.8 Å². The van der Waals surface area contributed by atoms with E-state index in [0.29, 0.717) is 0 Å². The lowest BCUT2D eigenvalue weighted by Gasteiger charge is -2.29. The van der Waals surface area contributed by atoms with E-state index in [1.54, 1.807) is 0 Å². The molecule has 6 rings (SSSR count). The number of rotatable bonds is 1. The number of nitrogens with zero attached hydrogens (tertiary/aromatic N) is 2. The molecular weight excluding hydrogens is 460 g/mol. The summed E-state index contributed by atoms with van der Waals surface area (Å²) < 4.78 is 0. The smallest absolute Gasteiger partial charge is 0.0444 e. The maximum atomic E-state index is 2.27. The standard InChI is InChI=1S/C14H13N.C14H10.C4H11N.2C2H6/c1-15-13-8-4-2-6-11(13)10-12-7-3-5-9-14(12)15;1-3-7-13-11(5-1)9-10-12-6-2-4-8-14(12)13;1-4-5(2)3;2*1-2/h2-9H,10H2,1H3;1-10H;4H2,1-3H3;2*1-2H3. The molecule has 0 fully saturated rings. The van der Waals surface area contributed by atoms with Gasteiger partial charge in [-0.05, 0) is 65.4 Å². The Balaban J connectivity index is 0.000000206. The quantitative estimate of drug-likeness (QED) is 0.209. The van der Waals surface area contributed by atoms with Crippen LogP contribution in [0.1, 0.15) is 45.7 Å². The number of para-hydroxylation sites is 2. The van der Waals surface area contributed by atoms with Crippen LogP contribution in [0.15, 0.2) is 109 Å². The fourth-order valence-electron chi connectivity index (χ4n) is 4.26. The van der Waals surface area contributed by atoms with Crippen LogP contribution >= 0.6 is 0 Å². The van der Waals surface area contributed by atoms with Gasteiger partial charge in [-0.15, -0.1) is 0 Å². The van der Waals surface area contributed by atoms with Gasteiger partial charge in [-0.2, -0.15) is 0 Å². The fourth-order valence-corrected chi connectivity index (χ4v) is 4.26. The lowest BCUT2D eigenvalue weighted by Crippen LogP contribution is -2.18. The molecule has 0 aromatic heterocycles. The van der Waals surface area contributed by atoms with E-state index < -0.39 is 0 Å². The predicted octanol–water partition coefficient (Wildman–Crippen LogP) is 9.97. The molecule has 0 amide bonds. The minimum absolute atomic E-state index is 1.05. The highest BCUT2D eigenvalue weighted by Gasteiger charge is 2.17. The average molecular weight is 507 g/mol. The summed E-state index contributed by atoms with van der Waals surface area (Å²) in [5, 5.41) is 5.30. The van der Waals surface area contributed by atoms with E-state index in [4.69, 9.17) is 0 Å². The van der Waals surface area contributed by atoms with Gasteiger partial charge >= 0.3 is 0 Å². The Bertz CT molecular complexity index is 1270. The molecule has 0 saturated heterocycles. The van der Waals surface area contributed by atoms with Gasteiger partial charge in [0.15, 0.2) is 0 Å². The summed E-state index contributed by atoms with van der Waals surface area (Å²) in [6, 6.07) is 38.6. The minimum Gasteiger partial charge on any atom is -0.344 e. The van der Waals surface area contributed by atoms with Gasteiger partial charge < -0.3 is 9.80 Å². The highest BCUT2D eigenvalue weighted by atomic mass is 15.1. The summed E-state index contributed by atoms with van der Waals surface area (Å²) in [5.74, 6) is 0. The number of hydrogen-bond donors (Lipinski definition) is 0. The molecule has 0 bridgehead atoms. The van der Waals surface area contributed by atoms with Crippen LogP contribution < -0.4 is 4.90 Å². The first-order chi connectivity index (χ1) is 18.6. The molecule has 5 aromatic carbocycles. The maximum Gasteiger partial charge on any atom is 0.0444 e. The second-order valence-corrected chi connectivity index (χ2v) is 8.90. The van der Waals surface area contributed by atoms with Crippen LogP contribution in [-0.2, 0) is 6.42 Å². The lowest BCUT2D eigenvalue weighted by atomic mass is 9.96. The molecule has 0 aliphatic carbocycles. The Hall–Kier alpha value is -3.62. The second-order valence-electron chi connectivity index (χ2n) is 8.90. The number of fused-ring (bicyclic) bond motifs is 5. The van der Waals surface area contributed by atoms with Gasteiger partial charge in [0.25, 0.3) is 0 Å². The lowest BCUT2D eigenvalue weighted by molar-refractivity contribution is 0.434. The monoisotopic (exact) mass is 506 g/mol. The summed E-state index contributed by atoms with van der Waals surface area (Å²) in [6.07, 6.45) is 1.05. The Kier molecular flexibility index (Phi) is 13.1. The minimum atomic E-state index is 1.05. The molecule has 200 valence electrons. The Morgan fingerprint density at radius 3 is 1.29 bits per heavy atom. The Morgan fingerprint density at radius 1 is 0.553 bits per heavy atom. The summed E-state index contributed by atoms with van der Waals surface area (Å²) in [7, 11) is 6.25. The van der Waals surface area contributed by atoms with Crippen molar-refractivity contribution in [2.45, 2.75) is 41.0 Å². The number of hydrogen-bond acceptors (Lipinski definition) is 2. The topological polar surface area (TPSA) is 6.48 Å². The van der Waals surface area contributed by atoms with Gasteiger partial charge in [-0.1, -0.05) is 132 Å². The third-order valence-electron chi connectivity index (χ3n) is 6.37. The zero-order valence-corrected chi connectivity index (χ0v) is 24.7. The van der Waals surface area contributed by atoms with Crippen molar-refractivity contribution in [3.63, 3.8) is 0 Å². The number of anilines is 2. The largest absolute Gasteiger partial charge is 0.344 e. The van der Waals surface area contributed by atoms with Crippen molar-refractivity contribution in [2.75, 3.05) is 32.6 Å². The third kappa shape index (κ3) is 7.94. The summed E-state index contributed by atoms with van der Waals surface area (Å²) in [5.41, 5.74) is 5.49. The first-order valence-corrected chi connectivity index (χ1v) is 14.0. The normalized spacial score (nSPS) is 10.8. The van der Waals surface area contributed by atoms with Crippen molar-refractivity contribution >= 4 is 32.9 Å². The van der Waals surface area contributed by atoms with E-state index in [1.165, 1.54) is 44.0 Å². The SMILES string of the molecule is CC.CC.CCN(C)C.CN1c2ccccc2Cc2ccccc21.c1ccc2c(c1)ccc1ccccc12. The Labute approximate surface area is 231 Å². The van der Waals surface area contributed by atoms with E-state index in [1.807, 2.05) is 27.7 Å². The molecule has 38 heavy (non-hydrogen) atoms. The van der Waals surface area contributed by atoms with Crippen LogP contribution in [0.3, 0.4) is 0 Å². The van der Waals surface area contributed by atoms with Crippen molar-refractivity contribution in [1.29, 1.82) is 0 Å². The molecule has 0 spiro atoms.